The number of carbonyl (C=O) groups is 1. The van der Waals surface area contributed by atoms with Crippen molar-refractivity contribution in [2.75, 3.05) is 18.1 Å². The summed E-state index contributed by atoms with van der Waals surface area (Å²) in [6.07, 6.45) is -0.108. The number of rotatable bonds is 7. The first-order chi connectivity index (χ1) is 11.3. The van der Waals surface area contributed by atoms with Gasteiger partial charge in [0.2, 0.25) is 17.8 Å². The number of amides is 1. The molecule has 0 fully saturated rings. The van der Waals surface area contributed by atoms with Gasteiger partial charge in [0.1, 0.15) is 0 Å². The van der Waals surface area contributed by atoms with Gasteiger partial charge in [-0.1, -0.05) is 0 Å². The number of halogens is 4. The van der Waals surface area contributed by atoms with Crippen LogP contribution in [0.2, 0.25) is 0 Å². The number of aromatic nitrogens is 1. The normalized spacial score (nSPS) is 14.3. The summed E-state index contributed by atoms with van der Waals surface area (Å²) in [6, 6.07) is 3.60. The van der Waals surface area contributed by atoms with Crippen LogP contribution in [0, 0.1) is 0 Å². The van der Waals surface area contributed by atoms with E-state index in [1.165, 1.54) is 4.90 Å². The molecule has 0 spiro atoms. The summed E-state index contributed by atoms with van der Waals surface area (Å²) in [7, 11) is 0. The molecule has 0 aliphatic carbocycles. The van der Waals surface area contributed by atoms with Gasteiger partial charge in [-0.15, -0.1) is 4.58 Å². The number of allylic oxidation sites excluding steroid dienone is 1. The Labute approximate surface area is 147 Å². The summed E-state index contributed by atoms with van der Waals surface area (Å²) in [5, 5.41) is 0.387. The third kappa shape index (κ3) is 4.73. The van der Waals surface area contributed by atoms with Crippen molar-refractivity contribution >= 4 is 40.1 Å². The second kappa shape index (κ2) is 8.02. The van der Waals surface area contributed by atoms with E-state index in [0.717, 1.165) is 17.4 Å². The van der Waals surface area contributed by atoms with Crippen molar-refractivity contribution in [3.63, 3.8) is 0 Å². The minimum Gasteiger partial charge on any atom is -0.300 e. The molecule has 0 N–H and O–H groups in total. The van der Waals surface area contributed by atoms with Gasteiger partial charge < -0.3 is 4.90 Å². The average Bonchev–Trinajstić information content (AvgIpc) is 2.54. The van der Waals surface area contributed by atoms with E-state index >= 15 is 0 Å². The van der Waals surface area contributed by atoms with E-state index in [4.69, 9.17) is 11.6 Å². The fourth-order valence-electron chi connectivity index (χ4n) is 2.06. The van der Waals surface area contributed by atoms with Gasteiger partial charge in [-0.25, -0.2) is 0 Å². The fraction of sp³-hybridized carbons (Fsp3) is 0.400. The summed E-state index contributed by atoms with van der Waals surface area (Å²) in [6.45, 7) is 2.18. The predicted molar refractivity (Wildman–Crippen MR) is 88.5 cm³/mol. The van der Waals surface area contributed by atoms with Gasteiger partial charge in [0.15, 0.2) is 5.70 Å². The molecule has 0 saturated carbocycles. The summed E-state index contributed by atoms with van der Waals surface area (Å²) in [5.41, 5.74) is 1.33. The Balaban J connectivity index is 1.92. The third-order valence-corrected chi connectivity index (χ3v) is 4.58. The van der Waals surface area contributed by atoms with Crippen molar-refractivity contribution in [2.45, 2.75) is 19.5 Å². The Morgan fingerprint density at radius 2 is 2.21 bits per heavy atom. The zero-order chi connectivity index (χ0) is 17.7. The molecule has 1 aromatic rings. The first-order valence-electron chi connectivity index (χ1n) is 7.22. The van der Waals surface area contributed by atoms with Crippen LogP contribution < -0.4 is 0 Å². The highest BCUT2D eigenvalue weighted by molar-refractivity contribution is 7.99. The molecule has 4 nitrogen and oxygen atoms in total. The Hall–Kier alpha value is -1.54. The van der Waals surface area contributed by atoms with Gasteiger partial charge in [-0.05, 0) is 24.6 Å². The largest absolute Gasteiger partial charge is 0.389 e. The van der Waals surface area contributed by atoms with Crippen molar-refractivity contribution in [3.05, 3.63) is 36.4 Å². The minimum atomic E-state index is -4.20. The van der Waals surface area contributed by atoms with Crippen LogP contribution in [-0.2, 0) is 4.79 Å². The van der Waals surface area contributed by atoms with E-state index in [1.54, 1.807) is 36.2 Å². The zero-order valence-corrected chi connectivity index (χ0v) is 14.5. The summed E-state index contributed by atoms with van der Waals surface area (Å²) < 4.78 is 38.0. The smallest absolute Gasteiger partial charge is 0.300 e. The van der Waals surface area contributed by atoms with E-state index in [9.17, 15) is 18.0 Å². The molecule has 9 heteroatoms. The topological polar surface area (TPSA) is 36.2 Å². The molecule has 0 aromatic carbocycles. The van der Waals surface area contributed by atoms with E-state index in [-0.39, 0.29) is 17.4 Å². The third-order valence-electron chi connectivity index (χ3n) is 3.26. The molecule has 24 heavy (non-hydrogen) atoms. The lowest BCUT2D eigenvalue weighted by Gasteiger charge is -2.24. The van der Waals surface area contributed by atoms with E-state index in [2.05, 4.69) is 4.98 Å². The fourth-order valence-corrected chi connectivity index (χ4v) is 3.21. The molecule has 0 unspecified atom stereocenters. The molecule has 1 amide bonds. The van der Waals surface area contributed by atoms with Crippen LogP contribution in [0.5, 0.6) is 0 Å². The quantitative estimate of drug-likeness (QED) is 0.535. The maximum absolute atomic E-state index is 12.2. The van der Waals surface area contributed by atoms with Crippen LogP contribution in [0.25, 0.3) is 0 Å². The lowest BCUT2D eigenvalue weighted by atomic mass is 10.2. The molecule has 2 rings (SSSR count). The maximum atomic E-state index is 12.2. The lowest BCUT2D eigenvalue weighted by molar-refractivity contribution is -0.373. The summed E-state index contributed by atoms with van der Waals surface area (Å²) in [4.78, 5) is 17.7. The van der Waals surface area contributed by atoms with Crippen LogP contribution in [0.15, 0.2) is 36.4 Å². The highest BCUT2D eigenvalue weighted by atomic mass is 35.5. The maximum Gasteiger partial charge on any atom is 0.389 e. The van der Waals surface area contributed by atoms with Crippen LogP contribution in [0.3, 0.4) is 0 Å². The Morgan fingerprint density at radius 1 is 1.46 bits per heavy atom. The number of nitrogens with zero attached hydrogens (tertiary/aromatic N) is 3. The van der Waals surface area contributed by atoms with E-state index in [1.807, 2.05) is 6.07 Å². The molecule has 130 valence electrons. The minimum absolute atomic E-state index is 0.0156. The Bertz CT molecular complexity index is 662. The highest BCUT2D eigenvalue weighted by Crippen LogP contribution is 2.26. The van der Waals surface area contributed by atoms with E-state index < -0.39 is 12.6 Å². The van der Waals surface area contributed by atoms with Crippen LogP contribution in [0.4, 0.5) is 18.9 Å². The number of thioether (sulfide) groups is 1. The van der Waals surface area contributed by atoms with Crippen molar-refractivity contribution in [2.24, 2.45) is 0 Å². The molecule has 1 aliphatic rings. The first-order valence-corrected chi connectivity index (χ1v) is 8.75. The number of hydrogen-bond acceptors (Lipinski definition) is 3. The monoisotopic (exact) mass is 378 g/mol. The molecular formula is C15H16ClF3N3OS+. The average molecular weight is 379 g/mol. The van der Waals surface area contributed by atoms with E-state index in [0.29, 0.717) is 17.4 Å². The second-order valence-electron chi connectivity index (χ2n) is 4.94. The Kier molecular flexibility index (Phi) is 6.28. The van der Waals surface area contributed by atoms with Gasteiger partial charge in [0.05, 0.1) is 18.4 Å². The van der Waals surface area contributed by atoms with Crippen molar-refractivity contribution in [1.82, 2.24) is 9.88 Å². The Morgan fingerprint density at radius 3 is 2.75 bits per heavy atom. The molecule has 0 bridgehead atoms. The summed E-state index contributed by atoms with van der Waals surface area (Å²) >= 11 is 7.22. The SMILES string of the molecule is CCN(C(=O)CSCCC(F)(F)F)C1=C[N+](c2cccnc2)=C1Cl. The predicted octanol–water partition coefficient (Wildman–Crippen LogP) is 3.75. The molecule has 0 atom stereocenters. The van der Waals surface area contributed by atoms with Gasteiger partial charge in [0, 0.05) is 24.6 Å². The highest BCUT2D eigenvalue weighted by Gasteiger charge is 2.36. The van der Waals surface area contributed by atoms with Crippen molar-refractivity contribution < 1.29 is 22.5 Å². The van der Waals surface area contributed by atoms with Crippen LogP contribution >= 0.6 is 23.4 Å². The molecule has 0 radical (unpaired) electrons. The standard InChI is InChI=1S/C15H16ClF3N3OS/c1-2-21(13(23)10-24-7-5-15(17,18)19)12-9-22(14(12)16)11-4-3-6-20-8-11/h3-4,6,8-9H,2,5,7,10H2,1H3/q+1. The number of alkyl halides is 3. The lowest BCUT2D eigenvalue weighted by Crippen LogP contribution is -2.39. The van der Waals surface area contributed by atoms with Gasteiger partial charge in [-0.2, -0.15) is 24.9 Å². The van der Waals surface area contributed by atoms with Gasteiger partial charge in [0.25, 0.3) is 0 Å². The number of pyridine rings is 1. The van der Waals surface area contributed by atoms with Crippen LogP contribution in [-0.4, -0.2) is 49.8 Å². The molecule has 1 aromatic heterocycles. The molecular weight excluding hydrogens is 363 g/mol. The second-order valence-corrected chi connectivity index (χ2v) is 6.41. The first kappa shape index (κ1) is 18.8. The zero-order valence-electron chi connectivity index (χ0n) is 12.9. The van der Waals surface area contributed by atoms with Crippen molar-refractivity contribution in [3.8, 4) is 0 Å². The van der Waals surface area contributed by atoms with Gasteiger partial charge in [-0.3, -0.25) is 9.78 Å². The van der Waals surface area contributed by atoms with Crippen LogP contribution in [0.1, 0.15) is 13.3 Å². The molecule has 1 aliphatic heterocycles. The molecule has 2 heterocycles. The number of carbonyl (C=O) groups excluding carboxylic acids is 1. The van der Waals surface area contributed by atoms with Crippen molar-refractivity contribution in [1.29, 1.82) is 0 Å². The van der Waals surface area contributed by atoms with Gasteiger partial charge >= 0.3 is 11.3 Å². The summed E-state index contributed by atoms with van der Waals surface area (Å²) in [5.74, 6) is -0.413. The molecule has 0 saturated heterocycles. The number of hydrogen-bond donors (Lipinski definition) is 0.